The SMILES string of the molecule is Cl.Cn1ccc(C(F)(F)CN)n1. The van der Waals surface area contributed by atoms with Gasteiger partial charge in [0.1, 0.15) is 5.69 Å². The van der Waals surface area contributed by atoms with Crippen molar-refractivity contribution >= 4 is 12.4 Å². The fourth-order valence-corrected chi connectivity index (χ4v) is 0.715. The standard InChI is InChI=1S/C6H9F2N3.ClH/c1-11-3-2-5(10-11)6(7,8)4-9;/h2-3H,4,9H2,1H3;1H. The smallest absolute Gasteiger partial charge is 0.303 e. The summed E-state index contributed by atoms with van der Waals surface area (Å²) in [6.07, 6.45) is 1.46. The van der Waals surface area contributed by atoms with Crippen molar-refractivity contribution in [1.29, 1.82) is 0 Å². The molecule has 0 aliphatic carbocycles. The number of rotatable bonds is 2. The lowest BCUT2D eigenvalue weighted by molar-refractivity contribution is 0.000864. The maximum Gasteiger partial charge on any atom is 0.303 e. The van der Waals surface area contributed by atoms with E-state index in [2.05, 4.69) is 5.10 Å². The van der Waals surface area contributed by atoms with Crippen molar-refractivity contribution < 1.29 is 8.78 Å². The van der Waals surface area contributed by atoms with E-state index in [0.717, 1.165) is 0 Å². The van der Waals surface area contributed by atoms with Gasteiger partial charge < -0.3 is 5.73 Å². The van der Waals surface area contributed by atoms with Crippen molar-refractivity contribution in [3.63, 3.8) is 0 Å². The van der Waals surface area contributed by atoms with Crippen LogP contribution in [0.4, 0.5) is 8.78 Å². The Morgan fingerprint density at radius 2 is 2.25 bits per heavy atom. The minimum atomic E-state index is -3.00. The van der Waals surface area contributed by atoms with E-state index in [4.69, 9.17) is 5.73 Å². The summed E-state index contributed by atoms with van der Waals surface area (Å²) in [6, 6.07) is 1.26. The third-order valence-corrected chi connectivity index (χ3v) is 1.34. The van der Waals surface area contributed by atoms with Gasteiger partial charge in [0, 0.05) is 13.2 Å². The zero-order chi connectivity index (χ0) is 8.48. The molecule has 0 bridgehead atoms. The van der Waals surface area contributed by atoms with Gasteiger partial charge >= 0.3 is 5.92 Å². The molecule has 1 aromatic rings. The molecule has 6 heteroatoms. The molecule has 0 spiro atoms. The van der Waals surface area contributed by atoms with Crippen molar-refractivity contribution in [1.82, 2.24) is 9.78 Å². The second-order valence-corrected chi connectivity index (χ2v) is 2.28. The van der Waals surface area contributed by atoms with E-state index in [1.807, 2.05) is 0 Å². The summed E-state index contributed by atoms with van der Waals surface area (Å²) < 4.78 is 26.7. The molecule has 0 radical (unpaired) electrons. The third-order valence-electron chi connectivity index (χ3n) is 1.34. The predicted molar refractivity (Wildman–Crippen MR) is 43.4 cm³/mol. The highest BCUT2D eigenvalue weighted by atomic mass is 35.5. The highest BCUT2D eigenvalue weighted by Gasteiger charge is 2.31. The van der Waals surface area contributed by atoms with E-state index < -0.39 is 12.5 Å². The fourth-order valence-electron chi connectivity index (χ4n) is 0.715. The Labute approximate surface area is 75.0 Å². The van der Waals surface area contributed by atoms with Gasteiger partial charge in [-0.3, -0.25) is 4.68 Å². The summed E-state index contributed by atoms with van der Waals surface area (Å²) >= 11 is 0. The van der Waals surface area contributed by atoms with Crippen molar-refractivity contribution in [3.05, 3.63) is 18.0 Å². The molecule has 2 N–H and O–H groups in total. The number of nitrogens with two attached hydrogens (primary N) is 1. The lowest BCUT2D eigenvalue weighted by Crippen LogP contribution is -2.25. The van der Waals surface area contributed by atoms with Crippen LogP contribution in [0.15, 0.2) is 12.3 Å². The third kappa shape index (κ3) is 2.15. The molecule has 0 atom stereocenters. The Kier molecular flexibility index (Phi) is 3.60. The van der Waals surface area contributed by atoms with Crippen LogP contribution in [0.1, 0.15) is 5.69 Å². The van der Waals surface area contributed by atoms with E-state index in [0.29, 0.717) is 0 Å². The first kappa shape index (κ1) is 11.3. The fraction of sp³-hybridized carbons (Fsp3) is 0.500. The van der Waals surface area contributed by atoms with Crippen LogP contribution in [0.3, 0.4) is 0 Å². The van der Waals surface area contributed by atoms with Gasteiger partial charge in [-0.05, 0) is 6.07 Å². The summed E-state index contributed by atoms with van der Waals surface area (Å²) in [5.41, 5.74) is 4.57. The molecule has 0 fully saturated rings. The van der Waals surface area contributed by atoms with Gasteiger partial charge in [-0.25, -0.2) is 0 Å². The first-order valence-corrected chi connectivity index (χ1v) is 3.14. The van der Waals surface area contributed by atoms with E-state index in [1.165, 1.54) is 16.9 Å². The summed E-state index contributed by atoms with van der Waals surface area (Å²) in [5.74, 6) is -3.00. The number of aryl methyl sites for hydroxylation is 1. The zero-order valence-corrected chi connectivity index (χ0v) is 7.31. The summed E-state index contributed by atoms with van der Waals surface area (Å²) in [6.45, 7) is -0.704. The Hall–Kier alpha value is -0.680. The van der Waals surface area contributed by atoms with Crippen LogP contribution in [-0.4, -0.2) is 16.3 Å². The lowest BCUT2D eigenvalue weighted by atomic mass is 10.2. The summed E-state index contributed by atoms with van der Waals surface area (Å²) in [7, 11) is 1.58. The van der Waals surface area contributed by atoms with E-state index in [9.17, 15) is 8.78 Å². The summed E-state index contributed by atoms with van der Waals surface area (Å²) in [4.78, 5) is 0. The van der Waals surface area contributed by atoms with Crippen molar-refractivity contribution in [3.8, 4) is 0 Å². The molecule has 1 aromatic heterocycles. The normalized spacial score (nSPS) is 11.0. The maximum atomic E-state index is 12.7. The summed E-state index contributed by atoms with van der Waals surface area (Å²) in [5, 5.41) is 3.54. The number of hydrogen-bond donors (Lipinski definition) is 1. The van der Waals surface area contributed by atoms with E-state index >= 15 is 0 Å². The Balaban J connectivity index is 0.00000121. The minimum Gasteiger partial charge on any atom is -0.325 e. The molecule has 0 aromatic carbocycles. The number of hydrogen-bond acceptors (Lipinski definition) is 2. The molecule has 0 amide bonds. The molecule has 0 aliphatic rings. The van der Waals surface area contributed by atoms with E-state index in [-0.39, 0.29) is 18.1 Å². The van der Waals surface area contributed by atoms with Gasteiger partial charge in [0.15, 0.2) is 0 Å². The van der Waals surface area contributed by atoms with Gasteiger partial charge in [-0.2, -0.15) is 13.9 Å². The van der Waals surface area contributed by atoms with Gasteiger partial charge in [0.2, 0.25) is 0 Å². The van der Waals surface area contributed by atoms with Crippen LogP contribution in [0.25, 0.3) is 0 Å². The quantitative estimate of drug-likeness (QED) is 0.766. The molecule has 0 saturated heterocycles. The number of halogens is 3. The molecule has 0 aliphatic heterocycles. The molecule has 1 rings (SSSR count). The molecule has 70 valence electrons. The van der Waals surface area contributed by atoms with Crippen LogP contribution < -0.4 is 5.73 Å². The van der Waals surface area contributed by atoms with Crippen molar-refractivity contribution in [2.24, 2.45) is 12.8 Å². The van der Waals surface area contributed by atoms with E-state index in [1.54, 1.807) is 7.05 Å². The molecule has 0 unspecified atom stereocenters. The highest BCUT2D eigenvalue weighted by molar-refractivity contribution is 5.85. The molecule has 3 nitrogen and oxygen atoms in total. The second kappa shape index (κ2) is 3.82. The van der Waals surface area contributed by atoms with Gasteiger partial charge in [-0.1, -0.05) is 0 Å². The molecular weight excluding hydrogens is 188 g/mol. The monoisotopic (exact) mass is 197 g/mol. The predicted octanol–water partition coefficient (Wildman–Crippen LogP) is 0.892. The van der Waals surface area contributed by atoms with Gasteiger partial charge in [0.25, 0.3) is 0 Å². The van der Waals surface area contributed by atoms with Crippen LogP contribution in [-0.2, 0) is 13.0 Å². The second-order valence-electron chi connectivity index (χ2n) is 2.28. The average Bonchev–Trinajstić information content (AvgIpc) is 2.36. The van der Waals surface area contributed by atoms with Crippen molar-refractivity contribution in [2.75, 3.05) is 6.54 Å². The molecule has 1 heterocycles. The molecule has 12 heavy (non-hydrogen) atoms. The Bertz CT molecular complexity index is 249. The van der Waals surface area contributed by atoms with Crippen LogP contribution in [0.2, 0.25) is 0 Å². The Morgan fingerprint density at radius 3 is 2.58 bits per heavy atom. The van der Waals surface area contributed by atoms with Gasteiger partial charge in [-0.15, -0.1) is 12.4 Å². The van der Waals surface area contributed by atoms with Crippen LogP contribution >= 0.6 is 12.4 Å². The maximum absolute atomic E-state index is 12.7. The Morgan fingerprint density at radius 1 is 1.67 bits per heavy atom. The first-order valence-electron chi connectivity index (χ1n) is 3.14. The minimum absolute atomic E-state index is 0. The van der Waals surface area contributed by atoms with Crippen LogP contribution in [0.5, 0.6) is 0 Å². The highest BCUT2D eigenvalue weighted by Crippen LogP contribution is 2.23. The molecular formula is C6H10ClF2N3. The topological polar surface area (TPSA) is 43.8 Å². The first-order chi connectivity index (χ1) is 5.06. The van der Waals surface area contributed by atoms with Crippen LogP contribution in [0, 0.1) is 0 Å². The van der Waals surface area contributed by atoms with Gasteiger partial charge in [0.05, 0.1) is 6.54 Å². The number of nitrogens with zero attached hydrogens (tertiary/aromatic N) is 2. The zero-order valence-electron chi connectivity index (χ0n) is 6.50. The molecule has 0 saturated carbocycles. The number of aromatic nitrogens is 2. The van der Waals surface area contributed by atoms with Crippen molar-refractivity contribution in [2.45, 2.75) is 5.92 Å². The lowest BCUT2D eigenvalue weighted by Gasteiger charge is -2.09. The largest absolute Gasteiger partial charge is 0.325 e. The number of alkyl halides is 2. The average molecular weight is 198 g/mol.